The van der Waals surface area contributed by atoms with Gasteiger partial charge in [0.05, 0.1) is 16.6 Å². The highest BCUT2D eigenvalue weighted by molar-refractivity contribution is 5.96. The van der Waals surface area contributed by atoms with Gasteiger partial charge in [0, 0.05) is 11.9 Å². The van der Waals surface area contributed by atoms with Gasteiger partial charge in [-0.15, -0.1) is 0 Å². The van der Waals surface area contributed by atoms with Crippen molar-refractivity contribution in [2.45, 2.75) is 0 Å². The lowest BCUT2D eigenvalue weighted by molar-refractivity contribution is 0.0697. The number of nitrogens with one attached hydrogen (secondary N) is 2. The Morgan fingerprint density at radius 2 is 1.71 bits per heavy atom. The van der Waals surface area contributed by atoms with Gasteiger partial charge < -0.3 is 20.5 Å². The van der Waals surface area contributed by atoms with Crippen LogP contribution in [0.3, 0.4) is 0 Å². The Kier molecular flexibility index (Phi) is 4.11. The number of nitrogens with zero attached hydrogens (tertiary/aromatic N) is 2. The monoisotopic (exact) mass is 382 g/mol. The van der Waals surface area contributed by atoms with Crippen molar-refractivity contribution in [1.82, 2.24) is 15.0 Å². The molecule has 0 saturated heterocycles. The van der Waals surface area contributed by atoms with Crippen LogP contribution in [0.2, 0.25) is 0 Å². The lowest BCUT2D eigenvalue weighted by Crippen LogP contribution is -2.01. The topological polar surface area (TPSA) is 111 Å². The van der Waals surface area contributed by atoms with Gasteiger partial charge in [-0.1, -0.05) is 6.07 Å². The predicted molar refractivity (Wildman–Crippen MR) is 97.6 cm³/mol. The highest BCUT2D eigenvalue weighted by Crippen LogP contribution is 2.34. The normalized spacial score (nSPS) is 10.9. The first-order valence-corrected chi connectivity index (χ1v) is 8.07. The van der Waals surface area contributed by atoms with E-state index in [0.717, 1.165) is 12.1 Å². The minimum absolute atomic E-state index is 0.0944. The molecule has 28 heavy (non-hydrogen) atoms. The van der Waals surface area contributed by atoms with E-state index in [1.807, 2.05) is 0 Å². The summed E-state index contributed by atoms with van der Waals surface area (Å²) >= 11 is 0. The van der Waals surface area contributed by atoms with Crippen LogP contribution in [0.25, 0.3) is 22.3 Å². The largest absolute Gasteiger partial charge is 0.494 e. The summed E-state index contributed by atoms with van der Waals surface area (Å²) in [5, 5.41) is 22.2. The van der Waals surface area contributed by atoms with E-state index in [0.29, 0.717) is 5.69 Å². The van der Waals surface area contributed by atoms with Crippen molar-refractivity contribution < 1.29 is 23.8 Å². The first-order valence-electron chi connectivity index (χ1n) is 8.07. The molecular weight excluding hydrogens is 370 g/mol. The number of aromatic hydroxyl groups is 1. The minimum atomic E-state index is -1.07. The molecule has 4 aromatic rings. The van der Waals surface area contributed by atoms with Gasteiger partial charge in [0.2, 0.25) is 5.88 Å². The van der Waals surface area contributed by atoms with E-state index in [1.54, 1.807) is 0 Å². The summed E-state index contributed by atoms with van der Waals surface area (Å²) in [6.07, 6.45) is 1.38. The summed E-state index contributed by atoms with van der Waals surface area (Å²) < 4.78 is 28.3. The fraction of sp³-hybridized carbons (Fsp3) is 0. The summed E-state index contributed by atoms with van der Waals surface area (Å²) in [4.78, 5) is 21.9. The molecule has 0 radical (unpaired) electrons. The van der Waals surface area contributed by atoms with Crippen molar-refractivity contribution in [3.05, 3.63) is 65.9 Å². The van der Waals surface area contributed by atoms with Gasteiger partial charge in [-0.2, -0.15) is 0 Å². The van der Waals surface area contributed by atoms with Crippen LogP contribution in [-0.2, 0) is 0 Å². The van der Waals surface area contributed by atoms with Crippen LogP contribution in [0.4, 0.5) is 20.3 Å². The lowest BCUT2D eigenvalue weighted by atomic mass is 10.1. The van der Waals surface area contributed by atoms with Crippen LogP contribution < -0.4 is 5.32 Å². The van der Waals surface area contributed by atoms with E-state index in [4.69, 9.17) is 5.11 Å². The molecule has 0 unspecified atom stereocenters. The van der Waals surface area contributed by atoms with Crippen LogP contribution >= 0.6 is 0 Å². The number of aromatic amines is 1. The Bertz CT molecular complexity index is 1190. The van der Waals surface area contributed by atoms with Gasteiger partial charge in [-0.3, -0.25) is 0 Å². The second-order valence-corrected chi connectivity index (χ2v) is 5.90. The SMILES string of the molecule is O=C(O)c1ccc(Nc2nc(-c3c(F)cccc3F)nc3c[nH]c(O)c23)cc1. The quantitative estimate of drug-likeness (QED) is 0.424. The Hall–Kier alpha value is -4.01. The number of anilines is 2. The maximum Gasteiger partial charge on any atom is 0.335 e. The van der Waals surface area contributed by atoms with Crippen molar-refractivity contribution in [3.8, 4) is 17.3 Å². The molecule has 9 heteroatoms. The second kappa shape index (κ2) is 6.62. The number of carboxylic acids is 1. The molecule has 0 fully saturated rings. The Morgan fingerprint density at radius 3 is 2.36 bits per heavy atom. The minimum Gasteiger partial charge on any atom is -0.494 e. The number of aromatic carboxylic acids is 1. The van der Waals surface area contributed by atoms with Crippen molar-refractivity contribution >= 4 is 28.4 Å². The van der Waals surface area contributed by atoms with Gasteiger partial charge in [0.1, 0.15) is 22.8 Å². The third-order valence-electron chi connectivity index (χ3n) is 4.10. The van der Waals surface area contributed by atoms with Crippen LogP contribution in [-0.4, -0.2) is 31.1 Å². The van der Waals surface area contributed by atoms with E-state index in [-0.39, 0.29) is 34.0 Å². The first kappa shape index (κ1) is 17.4. The summed E-state index contributed by atoms with van der Waals surface area (Å²) in [5.74, 6) is -3.04. The molecule has 2 aromatic carbocycles. The molecule has 0 amide bonds. The molecule has 0 spiro atoms. The summed E-state index contributed by atoms with van der Waals surface area (Å²) in [6.45, 7) is 0. The number of rotatable bonds is 4. The number of benzene rings is 2. The van der Waals surface area contributed by atoms with E-state index in [9.17, 15) is 18.7 Å². The number of aromatic nitrogens is 3. The highest BCUT2D eigenvalue weighted by Gasteiger charge is 2.19. The van der Waals surface area contributed by atoms with Crippen molar-refractivity contribution in [2.24, 2.45) is 0 Å². The molecule has 4 N–H and O–H groups in total. The maximum atomic E-state index is 14.2. The average molecular weight is 382 g/mol. The van der Waals surface area contributed by atoms with E-state index in [2.05, 4.69) is 20.3 Å². The van der Waals surface area contributed by atoms with Gasteiger partial charge in [0.15, 0.2) is 5.82 Å². The van der Waals surface area contributed by atoms with Crippen molar-refractivity contribution in [1.29, 1.82) is 0 Å². The molecule has 2 aromatic heterocycles. The third kappa shape index (κ3) is 2.98. The number of carbonyl (C=O) groups is 1. The number of fused-ring (bicyclic) bond motifs is 1. The van der Waals surface area contributed by atoms with Crippen LogP contribution in [0.1, 0.15) is 10.4 Å². The smallest absolute Gasteiger partial charge is 0.335 e. The van der Waals surface area contributed by atoms with Crippen LogP contribution in [0, 0.1) is 11.6 Å². The lowest BCUT2D eigenvalue weighted by Gasteiger charge is -2.10. The zero-order chi connectivity index (χ0) is 19.8. The maximum absolute atomic E-state index is 14.2. The average Bonchev–Trinajstić information content (AvgIpc) is 3.03. The summed E-state index contributed by atoms with van der Waals surface area (Å²) in [5.41, 5.74) is 0.409. The first-order chi connectivity index (χ1) is 13.4. The molecule has 0 aliphatic heterocycles. The Balaban J connectivity index is 1.85. The number of H-pyrrole nitrogens is 1. The molecule has 0 aliphatic rings. The van der Waals surface area contributed by atoms with Crippen molar-refractivity contribution in [3.63, 3.8) is 0 Å². The Morgan fingerprint density at radius 1 is 1.04 bits per heavy atom. The molecular formula is C19H12F2N4O3. The zero-order valence-electron chi connectivity index (χ0n) is 14.1. The van der Waals surface area contributed by atoms with E-state index < -0.39 is 23.2 Å². The van der Waals surface area contributed by atoms with Crippen molar-refractivity contribution in [2.75, 3.05) is 5.32 Å². The second-order valence-electron chi connectivity index (χ2n) is 5.90. The molecule has 140 valence electrons. The molecule has 0 aliphatic carbocycles. The molecule has 0 saturated carbocycles. The van der Waals surface area contributed by atoms with Gasteiger partial charge >= 0.3 is 5.97 Å². The standard InChI is InChI=1S/C19H12F2N4O3/c20-11-2-1-3-12(21)14(11)16-24-13-8-22-18(26)15(13)17(25-16)23-10-6-4-9(5-7-10)19(27)28/h1-8,22,26H,(H,27,28)(H,23,24,25). The number of halogens is 2. The van der Waals surface area contributed by atoms with E-state index >= 15 is 0 Å². The van der Waals surface area contributed by atoms with Crippen LogP contribution in [0.5, 0.6) is 5.88 Å². The highest BCUT2D eigenvalue weighted by atomic mass is 19.1. The van der Waals surface area contributed by atoms with Crippen LogP contribution in [0.15, 0.2) is 48.7 Å². The molecule has 7 nitrogen and oxygen atoms in total. The molecule has 2 heterocycles. The van der Waals surface area contributed by atoms with Gasteiger partial charge in [0.25, 0.3) is 0 Å². The third-order valence-corrected chi connectivity index (χ3v) is 4.10. The van der Waals surface area contributed by atoms with E-state index in [1.165, 1.54) is 36.5 Å². The molecule has 0 bridgehead atoms. The Labute approximate surface area is 156 Å². The molecule has 0 atom stereocenters. The number of hydrogen-bond acceptors (Lipinski definition) is 5. The van der Waals surface area contributed by atoms with Gasteiger partial charge in [-0.25, -0.2) is 23.5 Å². The fourth-order valence-corrected chi connectivity index (χ4v) is 2.77. The predicted octanol–water partition coefficient (Wildman–Crippen LogP) is 4.05. The number of carboxylic acid groups (broad SMARTS) is 1. The fourth-order valence-electron chi connectivity index (χ4n) is 2.77. The molecule has 4 rings (SSSR count). The zero-order valence-corrected chi connectivity index (χ0v) is 14.1. The van der Waals surface area contributed by atoms with Gasteiger partial charge in [-0.05, 0) is 36.4 Å². The number of hydrogen-bond donors (Lipinski definition) is 4. The summed E-state index contributed by atoms with van der Waals surface area (Å²) in [6, 6.07) is 9.21. The summed E-state index contributed by atoms with van der Waals surface area (Å²) in [7, 11) is 0.